The molecule has 0 aliphatic heterocycles. The predicted octanol–water partition coefficient (Wildman–Crippen LogP) is 5.83. The fraction of sp³-hybridized carbons (Fsp3) is 0.816. The summed E-state index contributed by atoms with van der Waals surface area (Å²) < 4.78 is 26.1. The monoisotopic (exact) mass is 736 g/mol. The SMILES string of the molecule is C=C(C)C(=O)OCCO.CC(COCC(C)OC(=O)NCC1CC(C)(C)CC(C)(COC#N)C1)OC(=O)NCC1CC(C)(C)CC(C)(CN=C=O)C1. The molecule has 14 nitrogen and oxygen atoms in total. The van der Waals surface area contributed by atoms with Gasteiger partial charge in [-0.2, -0.15) is 5.26 Å². The standard InChI is InChI=1S/C32H54N4O7.C6H10O3/c1-23(42-27(38)35-13-25-9-29(3,4)17-31(7,11-25)19-34-22-37)15-40-16-24(2)43-28(39)36-14-26-10-30(5,6)18-32(8,12-26)20-41-21-33;1-5(2)6(8)9-4-3-7/h23-26H,9-20H2,1-8H3,(H,35,38)(H,36,39);7H,1,3-4H2,2H3. The third-order valence-electron chi connectivity index (χ3n) is 9.13. The number of carbonyl (C=O) groups excluding carboxylic acids is 4. The van der Waals surface area contributed by atoms with E-state index in [0.29, 0.717) is 31.8 Å². The molecular weight excluding hydrogens is 672 g/mol. The minimum absolute atomic E-state index is 0.0473. The summed E-state index contributed by atoms with van der Waals surface area (Å²) in [4.78, 5) is 49.8. The summed E-state index contributed by atoms with van der Waals surface area (Å²) in [5.74, 6) is 0.0552. The molecule has 6 unspecified atom stereocenters. The first kappa shape index (κ1) is 46.4. The number of nitrogens with one attached hydrogen (secondary N) is 2. The molecule has 0 aromatic rings. The largest absolute Gasteiger partial charge is 0.460 e. The zero-order valence-electron chi connectivity index (χ0n) is 32.9. The van der Waals surface area contributed by atoms with Gasteiger partial charge < -0.3 is 39.4 Å². The maximum absolute atomic E-state index is 12.4. The van der Waals surface area contributed by atoms with Crippen LogP contribution in [0.3, 0.4) is 0 Å². The molecule has 0 aromatic carbocycles. The first-order chi connectivity index (χ1) is 24.2. The van der Waals surface area contributed by atoms with Gasteiger partial charge in [-0.05, 0) is 87.4 Å². The number of aliphatic imine (C=N–C) groups is 1. The molecule has 296 valence electrons. The van der Waals surface area contributed by atoms with Gasteiger partial charge in [0.2, 0.25) is 6.08 Å². The van der Waals surface area contributed by atoms with Gasteiger partial charge in [0.05, 0.1) is 26.4 Å². The number of amides is 2. The Morgan fingerprint density at radius 3 is 1.81 bits per heavy atom. The highest BCUT2D eigenvalue weighted by Crippen LogP contribution is 2.49. The van der Waals surface area contributed by atoms with Gasteiger partial charge in [-0.15, -0.1) is 0 Å². The van der Waals surface area contributed by atoms with Crippen molar-refractivity contribution in [3.8, 4) is 6.26 Å². The molecule has 3 N–H and O–H groups in total. The molecule has 6 atom stereocenters. The molecule has 2 aliphatic rings. The Morgan fingerprint density at radius 1 is 0.885 bits per heavy atom. The van der Waals surface area contributed by atoms with Crippen molar-refractivity contribution in [2.75, 3.05) is 52.7 Å². The van der Waals surface area contributed by atoms with Crippen LogP contribution in [-0.2, 0) is 33.3 Å². The summed E-state index contributed by atoms with van der Waals surface area (Å²) in [5, 5.41) is 22.8. The number of carbonyl (C=O) groups is 3. The third-order valence-corrected chi connectivity index (χ3v) is 9.13. The van der Waals surface area contributed by atoms with E-state index in [9.17, 15) is 19.2 Å². The summed E-state index contributed by atoms with van der Waals surface area (Å²) in [5.41, 5.74) is 0.296. The van der Waals surface area contributed by atoms with E-state index in [4.69, 9.17) is 29.3 Å². The number of esters is 1. The van der Waals surface area contributed by atoms with Gasteiger partial charge in [0.1, 0.15) is 25.4 Å². The van der Waals surface area contributed by atoms with E-state index in [1.54, 1.807) is 33.1 Å². The first-order valence-electron chi connectivity index (χ1n) is 18.1. The number of isocyanates is 1. The van der Waals surface area contributed by atoms with Gasteiger partial charge in [0.25, 0.3) is 6.26 Å². The van der Waals surface area contributed by atoms with Crippen molar-refractivity contribution in [1.82, 2.24) is 10.6 Å². The Labute approximate surface area is 310 Å². The second-order valence-electron chi connectivity index (χ2n) is 17.0. The highest BCUT2D eigenvalue weighted by molar-refractivity contribution is 5.86. The van der Waals surface area contributed by atoms with Gasteiger partial charge >= 0.3 is 18.2 Å². The maximum Gasteiger partial charge on any atom is 0.407 e. The smallest absolute Gasteiger partial charge is 0.407 e. The molecule has 2 amide bonds. The van der Waals surface area contributed by atoms with Crippen LogP contribution in [0.15, 0.2) is 17.1 Å². The van der Waals surface area contributed by atoms with Gasteiger partial charge in [-0.1, -0.05) is 48.1 Å². The van der Waals surface area contributed by atoms with Crippen molar-refractivity contribution in [2.45, 2.75) is 113 Å². The number of nitrogens with zero attached hydrogens (tertiary/aromatic N) is 2. The van der Waals surface area contributed by atoms with Gasteiger partial charge in [-0.25, -0.2) is 24.2 Å². The summed E-state index contributed by atoms with van der Waals surface area (Å²) in [6, 6.07) is 0. The number of alkyl carbamates (subject to hydrolysis) is 2. The molecule has 14 heteroatoms. The van der Waals surface area contributed by atoms with Crippen LogP contribution in [0, 0.1) is 45.0 Å². The van der Waals surface area contributed by atoms with E-state index in [1.165, 1.54) is 0 Å². The lowest BCUT2D eigenvalue weighted by Crippen LogP contribution is -2.43. The molecule has 0 saturated heterocycles. The Morgan fingerprint density at radius 2 is 1.37 bits per heavy atom. The zero-order valence-corrected chi connectivity index (χ0v) is 32.9. The minimum atomic E-state index is -0.503. The fourth-order valence-electron chi connectivity index (χ4n) is 8.28. The van der Waals surface area contributed by atoms with E-state index >= 15 is 0 Å². The van der Waals surface area contributed by atoms with Gasteiger partial charge in [0.15, 0.2) is 0 Å². The van der Waals surface area contributed by atoms with Crippen LogP contribution in [0.5, 0.6) is 0 Å². The van der Waals surface area contributed by atoms with Crippen LogP contribution < -0.4 is 10.6 Å². The van der Waals surface area contributed by atoms with Crippen LogP contribution in [0.2, 0.25) is 0 Å². The fourth-order valence-corrected chi connectivity index (χ4v) is 8.28. The van der Waals surface area contributed by atoms with E-state index < -0.39 is 30.4 Å². The second-order valence-corrected chi connectivity index (χ2v) is 17.0. The quantitative estimate of drug-likeness (QED) is 0.0406. The molecule has 2 aliphatic carbocycles. The van der Waals surface area contributed by atoms with Crippen LogP contribution in [0.4, 0.5) is 9.59 Å². The van der Waals surface area contributed by atoms with Crippen molar-refractivity contribution < 1.29 is 48.0 Å². The zero-order chi connectivity index (χ0) is 39.6. The number of hydrogen-bond donors (Lipinski definition) is 3. The van der Waals surface area contributed by atoms with Crippen LogP contribution in [0.25, 0.3) is 0 Å². The highest BCUT2D eigenvalue weighted by atomic mass is 16.6. The summed E-state index contributed by atoms with van der Waals surface area (Å²) >= 11 is 0. The van der Waals surface area contributed by atoms with Crippen LogP contribution >= 0.6 is 0 Å². The normalized spacial score (nSPS) is 25.6. The van der Waals surface area contributed by atoms with E-state index in [0.717, 1.165) is 38.5 Å². The molecule has 0 radical (unpaired) electrons. The second kappa shape index (κ2) is 21.8. The lowest BCUT2D eigenvalue weighted by atomic mass is 9.60. The lowest BCUT2D eigenvalue weighted by molar-refractivity contribution is -0.139. The van der Waals surface area contributed by atoms with Crippen molar-refractivity contribution in [1.29, 1.82) is 5.26 Å². The molecule has 2 saturated carbocycles. The van der Waals surface area contributed by atoms with Crippen molar-refractivity contribution in [3.63, 3.8) is 0 Å². The number of rotatable bonds is 17. The molecule has 0 bridgehead atoms. The Balaban J connectivity index is 0.00000132. The maximum atomic E-state index is 12.4. The van der Waals surface area contributed by atoms with Gasteiger partial charge in [0, 0.05) is 24.1 Å². The Kier molecular flexibility index (Phi) is 19.4. The van der Waals surface area contributed by atoms with Crippen LogP contribution in [-0.4, -0.2) is 94.2 Å². The molecule has 2 rings (SSSR count). The van der Waals surface area contributed by atoms with Crippen molar-refractivity contribution >= 4 is 24.2 Å². The average Bonchev–Trinajstić information content (AvgIpc) is 3.02. The number of aliphatic hydroxyl groups excluding tert-OH is 1. The number of hydrogen-bond acceptors (Lipinski definition) is 12. The topological polar surface area (TPSA) is 195 Å². The molecule has 52 heavy (non-hydrogen) atoms. The highest BCUT2D eigenvalue weighted by Gasteiger charge is 2.42. The summed E-state index contributed by atoms with van der Waals surface area (Å²) in [6.45, 7) is 23.5. The lowest BCUT2D eigenvalue weighted by Gasteiger charge is -2.46. The number of nitriles is 1. The average molecular weight is 737 g/mol. The molecule has 0 spiro atoms. The molecule has 0 heterocycles. The third kappa shape index (κ3) is 19.3. The first-order valence-corrected chi connectivity index (χ1v) is 18.1. The summed E-state index contributed by atoms with van der Waals surface area (Å²) in [7, 11) is 0. The van der Waals surface area contributed by atoms with Crippen LogP contribution in [0.1, 0.15) is 101 Å². The van der Waals surface area contributed by atoms with E-state index in [2.05, 4.69) is 68.5 Å². The number of aliphatic hydroxyl groups is 1. The molecule has 2 fully saturated rings. The predicted molar refractivity (Wildman–Crippen MR) is 195 cm³/mol. The molecular formula is C38H64N4O10. The minimum Gasteiger partial charge on any atom is -0.460 e. The van der Waals surface area contributed by atoms with Crippen molar-refractivity contribution in [3.05, 3.63) is 12.2 Å². The Hall–Kier alpha value is -3.66. The van der Waals surface area contributed by atoms with E-state index in [-0.39, 0.29) is 59.9 Å². The molecule has 0 aromatic heterocycles. The Bertz CT molecular complexity index is 1260. The number of ether oxygens (including phenoxy) is 5. The summed E-state index contributed by atoms with van der Waals surface area (Å²) in [6.07, 6.45) is 7.03. The van der Waals surface area contributed by atoms with Crippen molar-refractivity contribution in [2.24, 2.45) is 38.5 Å². The van der Waals surface area contributed by atoms with E-state index in [1.807, 2.05) is 0 Å². The van der Waals surface area contributed by atoms with Gasteiger partial charge in [-0.3, -0.25) is 0 Å².